The number of H-pyrrole nitrogens is 1. The second kappa shape index (κ2) is 7.03. The molecule has 0 spiro atoms. The maximum Gasteiger partial charge on any atom is 0.216 e. The van der Waals surface area contributed by atoms with Gasteiger partial charge in [-0.2, -0.15) is 14.9 Å². The molecule has 2 rings (SSSR count). The van der Waals surface area contributed by atoms with Crippen molar-refractivity contribution in [2.24, 2.45) is 5.10 Å². The molecule has 0 unspecified atom stereocenters. The Morgan fingerprint density at radius 1 is 1.29 bits per heavy atom. The summed E-state index contributed by atoms with van der Waals surface area (Å²) in [5.41, 5.74) is 0.893. The zero-order valence-corrected chi connectivity index (χ0v) is 13.1. The third-order valence-corrected chi connectivity index (χ3v) is 2.97. The van der Waals surface area contributed by atoms with Gasteiger partial charge in [0.25, 0.3) is 0 Å². The normalized spacial score (nSPS) is 11.0. The molecule has 1 N–H and O–H groups in total. The molecule has 0 aliphatic carbocycles. The van der Waals surface area contributed by atoms with Crippen molar-refractivity contribution in [1.29, 1.82) is 0 Å². The fourth-order valence-electron chi connectivity index (χ4n) is 1.78. The second-order valence-electron chi connectivity index (χ2n) is 4.20. The summed E-state index contributed by atoms with van der Waals surface area (Å²) in [5, 5.41) is 11.0. The smallest absolute Gasteiger partial charge is 0.216 e. The average molecular weight is 306 g/mol. The van der Waals surface area contributed by atoms with Crippen LogP contribution < -0.4 is 9.47 Å². The van der Waals surface area contributed by atoms with Crippen LogP contribution in [0.2, 0.25) is 0 Å². The lowest BCUT2D eigenvalue weighted by atomic mass is 10.2. The number of hydrogen-bond donors (Lipinski definition) is 1. The van der Waals surface area contributed by atoms with Crippen LogP contribution in [0, 0.1) is 11.7 Å². The lowest BCUT2D eigenvalue weighted by Crippen LogP contribution is -1.99. The molecule has 0 saturated heterocycles. The summed E-state index contributed by atoms with van der Waals surface area (Å²) < 4.78 is 13.1. The first-order chi connectivity index (χ1) is 10.2. The Hall–Kier alpha value is -2.15. The van der Waals surface area contributed by atoms with Gasteiger partial charge in [-0.1, -0.05) is 0 Å². The van der Waals surface area contributed by atoms with Crippen LogP contribution in [0.4, 0.5) is 0 Å². The van der Waals surface area contributed by atoms with Crippen LogP contribution in [-0.2, 0) is 0 Å². The number of aromatic nitrogens is 3. The predicted molar refractivity (Wildman–Crippen MR) is 83.9 cm³/mol. The highest BCUT2D eigenvalue weighted by molar-refractivity contribution is 7.71. The van der Waals surface area contributed by atoms with Crippen molar-refractivity contribution in [2.45, 2.75) is 20.8 Å². The predicted octanol–water partition coefficient (Wildman–Crippen LogP) is 2.93. The van der Waals surface area contributed by atoms with Crippen LogP contribution in [0.5, 0.6) is 11.5 Å². The lowest BCUT2D eigenvalue weighted by Gasteiger charge is -2.11. The van der Waals surface area contributed by atoms with Crippen LogP contribution in [0.3, 0.4) is 0 Å². The van der Waals surface area contributed by atoms with Crippen LogP contribution in [0.1, 0.15) is 25.2 Å². The Morgan fingerprint density at radius 3 is 2.62 bits per heavy atom. The van der Waals surface area contributed by atoms with Gasteiger partial charge in [-0.05, 0) is 56.8 Å². The Morgan fingerprint density at radius 2 is 2.00 bits per heavy atom. The van der Waals surface area contributed by atoms with Crippen LogP contribution in [0.15, 0.2) is 23.3 Å². The number of ether oxygens (including phenoxy) is 2. The summed E-state index contributed by atoms with van der Waals surface area (Å²) in [5.74, 6) is 2.13. The standard InChI is InChI=1S/C14H18N4O2S/c1-4-19-12-7-6-11(8-13(12)20-5-2)9-15-18-10(3)16-17-14(18)21/h6-9H,4-5H2,1-3H3,(H,17,21)/b15-9-. The molecule has 21 heavy (non-hydrogen) atoms. The van der Waals surface area contributed by atoms with Crippen molar-refractivity contribution in [3.63, 3.8) is 0 Å². The molecule has 1 heterocycles. The SMILES string of the molecule is CCOc1ccc(/C=N\n2c(C)n[nH]c2=S)cc1OCC. The summed E-state index contributed by atoms with van der Waals surface area (Å²) in [7, 11) is 0. The minimum atomic E-state index is 0.458. The van der Waals surface area contributed by atoms with Crippen molar-refractivity contribution in [3.05, 3.63) is 34.4 Å². The largest absolute Gasteiger partial charge is 0.490 e. The van der Waals surface area contributed by atoms with Gasteiger partial charge in [-0.15, -0.1) is 0 Å². The van der Waals surface area contributed by atoms with Gasteiger partial charge in [0.2, 0.25) is 4.77 Å². The van der Waals surface area contributed by atoms with Crippen LogP contribution in [-0.4, -0.2) is 34.3 Å². The first kappa shape index (κ1) is 15.2. The van der Waals surface area contributed by atoms with E-state index in [9.17, 15) is 0 Å². The van der Waals surface area contributed by atoms with E-state index in [1.165, 1.54) is 0 Å². The van der Waals surface area contributed by atoms with E-state index in [2.05, 4.69) is 15.3 Å². The van der Waals surface area contributed by atoms with Crippen LogP contribution >= 0.6 is 12.2 Å². The highest BCUT2D eigenvalue weighted by atomic mass is 32.1. The van der Waals surface area contributed by atoms with Crippen molar-refractivity contribution < 1.29 is 9.47 Å². The molecule has 7 heteroatoms. The molecule has 2 aromatic rings. The maximum absolute atomic E-state index is 5.58. The van der Waals surface area contributed by atoms with Gasteiger partial charge in [0.05, 0.1) is 19.4 Å². The van der Waals surface area contributed by atoms with E-state index in [1.807, 2.05) is 39.0 Å². The quantitative estimate of drug-likeness (QED) is 0.658. The number of benzene rings is 1. The Bertz CT molecular complexity index is 691. The van der Waals surface area contributed by atoms with Crippen molar-refractivity contribution >= 4 is 18.4 Å². The van der Waals surface area contributed by atoms with Gasteiger partial charge < -0.3 is 9.47 Å². The molecule has 0 amide bonds. The average Bonchev–Trinajstić information content (AvgIpc) is 2.79. The number of nitrogens with zero attached hydrogens (tertiary/aromatic N) is 3. The Kier molecular flexibility index (Phi) is 5.10. The number of rotatable bonds is 6. The maximum atomic E-state index is 5.58. The second-order valence-corrected chi connectivity index (χ2v) is 4.59. The molecule has 0 aliphatic rings. The fourth-order valence-corrected chi connectivity index (χ4v) is 2.00. The van der Waals surface area contributed by atoms with E-state index in [-0.39, 0.29) is 0 Å². The van der Waals surface area contributed by atoms with E-state index in [0.29, 0.717) is 29.6 Å². The number of hydrogen-bond acceptors (Lipinski definition) is 5. The van der Waals surface area contributed by atoms with E-state index in [0.717, 1.165) is 11.3 Å². The van der Waals surface area contributed by atoms with Crippen molar-refractivity contribution in [1.82, 2.24) is 14.9 Å². The van der Waals surface area contributed by atoms with E-state index in [4.69, 9.17) is 21.7 Å². The number of nitrogens with one attached hydrogen (secondary N) is 1. The molecule has 6 nitrogen and oxygen atoms in total. The molecule has 0 aliphatic heterocycles. The number of aromatic amines is 1. The molecule has 112 valence electrons. The monoisotopic (exact) mass is 306 g/mol. The summed E-state index contributed by atoms with van der Waals surface area (Å²) in [6.45, 7) is 6.87. The molecular weight excluding hydrogens is 288 g/mol. The molecule has 0 bridgehead atoms. The third-order valence-electron chi connectivity index (χ3n) is 2.70. The van der Waals surface area contributed by atoms with Gasteiger partial charge in [-0.3, -0.25) is 5.10 Å². The minimum absolute atomic E-state index is 0.458. The van der Waals surface area contributed by atoms with E-state index < -0.39 is 0 Å². The first-order valence-corrected chi connectivity index (χ1v) is 7.14. The topological polar surface area (TPSA) is 64.4 Å². The van der Waals surface area contributed by atoms with E-state index in [1.54, 1.807) is 10.9 Å². The molecule has 1 aromatic heterocycles. The van der Waals surface area contributed by atoms with Crippen molar-refractivity contribution in [3.8, 4) is 11.5 Å². The summed E-state index contributed by atoms with van der Waals surface area (Å²) in [4.78, 5) is 0. The van der Waals surface area contributed by atoms with Gasteiger partial charge >= 0.3 is 0 Å². The fraction of sp³-hybridized carbons (Fsp3) is 0.357. The molecule has 0 saturated carbocycles. The highest BCUT2D eigenvalue weighted by Crippen LogP contribution is 2.28. The molecular formula is C14H18N4O2S. The summed E-state index contributed by atoms with van der Waals surface area (Å²) in [6, 6.07) is 5.67. The zero-order valence-electron chi connectivity index (χ0n) is 12.3. The Balaban J connectivity index is 2.28. The molecule has 0 atom stereocenters. The summed E-state index contributed by atoms with van der Waals surface area (Å²) in [6.07, 6.45) is 1.70. The van der Waals surface area contributed by atoms with Crippen LogP contribution in [0.25, 0.3) is 0 Å². The first-order valence-electron chi connectivity index (χ1n) is 6.73. The van der Waals surface area contributed by atoms with E-state index >= 15 is 0 Å². The van der Waals surface area contributed by atoms with Crippen molar-refractivity contribution in [2.75, 3.05) is 13.2 Å². The molecule has 0 fully saturated rings. The highest BCUT2D eigenvalue weighted by Gasteiger charge is 2.05. The number of aryl methyl sites for hydroxylation is 1. The third kappa shape index (κ3) is 3.69. The molecule has 1 aromatic carbocycles. The minimum Gasteiger partial charge on any atom is -0.490 e. The van der Waals surface area contributed by atoms with Gasteiger partial charge in [0.15, 0.2) is 11.5 Å². The van der Waals surface area contributed by atoms with Gasteiger partial charge in [-0.25, -0.2) is 0 Å². The zero-order chi connectivity index (χ0) is 15.2. The molecule has 0 radical (unpaired) electrons. The van der Waals surface area contributed by atoms with Gasteiger partial charge in [0.1, 0.15) is 5.82 Å². The Labute approximate surface area is 128 Å². The van der Waals surface area contributed by atoms with Gasteiger partial charge in [0, 0.05) is 0 Å². The summed E-state index contributed by atoms with van der Waals surface area (Å²) >= 11 is 5.10. The lowest BCUT2D eigenvalue weighted by molar-refractivity contribution is 0.288.